The first-order valence-electron chi connectivity index (χ1n) is 9.09. The van der Waals surface area contributed by atoms with E-state index in [-0.39, 0.29) is 25.5 Å². The number of fused-ring (bicyclic) bond motifs is 3. The van der Waals surface area contributed by atoms with E-state index in [4.69, 9.17) is 9.47 Å². The van der Waals surface area contributed by atoms with Crippen LogP contribution < -0.4 is 0 Å². The third-order valence-corrected chi connectivity index (χ3v) is 5.24. The van der Waals surface area contributed by atoms with Crippen LogP contribution in [0.3, 0.4) is 0 Å². The molecule has 27 heavy (non-hydrogen) atoms. The number of rotatable bonds is 3. The Balaban J connectivity index is 1.53. The topological polar surface area (TPSA) is 76.1 Å². The Kier molecular flexibility index (Phi) is 4.81. The molecule has 4 rings (SSSR count). The van der Waals surface area contributed by atoms with E-state index in [0.29, 0.717) is 13.2 Å². The van der Waals surface area contributed by atoms with Crippen molar-refractivity contribution in [3.05, 3.63) is 59.7 Å². The standard InChI is InChI=1S/C21H21NO5/c23-20(24)19-9-11-26-12-10-22(19)21(25)27-13-18-16-7-3-1-5-14(16)15-6-2-4-8-17(15)18/h1-8,18-19H,9-13H2,(H,23,24)/t19-/m0/s1. The number of carboxylic acids is 1. The minimum Gasteiger partial charge on any atom is -0.480 e. The summed E-state index contributed by atoms with van der Waals surface area (Å²) < 4.78 is 10.9. The van der Waals surface area contributed by atoms with Gasteiger partial charge in [-0.15, -0.1) is 0 Å². The number of aliphatic carboxylic acids is 1. The number of benzene rings is 2. The molecule has 1 saturated heterocycles. The van der Waals surface area contributed by atoms with E-state index in [1.54, 1.807) is 0 Å². The van der Waals surface area contributed by atoms with Crippen molar-refractivity contribution in [1.29, 1.82) is 0 Å². The summed E-state index contributed by atoms with van der Waals surface area (Å²) in [5.41, 5.74) is 4.56. The fourth-order valence-corrected chi connectivity index (χ4v) is 3.92. The molecule has 1 fully saturated rings. The minimum atomic E-state index is -1.03. The Morgan fingerprint density at radius 3 is 2.30 bits per heavy atom. The molecule has 1 heterocycles. The molecule has 140 valence electrons. The SMILES string of the molecule is O=C(O)[C@@H]1CCOCCN1C(=O)OCC1c2ccccc2-c2ccccc21. The first-order chi connectivity index (χ1) is 13.2. The van der Waals surface area contributed by atoms with Crippen molar-refractivity contribution in [2.75, 3.05) is 26.4 Å². The van der Waals surface area contributed by atoms with E-state index in [0.717, 1.165) is 22.3 Å². The summed E-state index contributed by atoms with van der Waals surface area (Å²) >= 11 is 0. The molecule has 2 aromatic carbocycles. The summed E-state index contributed by atoms with van der Waals surface area (Å²) in [6.45, 7) is 1.03. The number of nitrogens with zero attached hydrogens (tertiary/aromatic N) is 1. The van der Waals surface area contributed by atoms with E-state index in [2.05, 4.69) is 12.1 Å². The number of ether oxygens (including phenoxy) is 2. The van der Waals surface area contributed by atoms with Crippen molar-refractivity contribution >= 4 is 12.1 Å². The van der Waals surface area contributed by atoms with Gasteiger partial charge in [0.1, 0.15) is 12.6 Å². The summed E-state index contributed by atoms with van der Waals surface area (Å²) in [6.07, 6.45) is -0.339. The van der Waals surface area contributed by atoms with Crippen molar-refractivity contribution in [1.82, 2.24) is 4.90 Å². The lowest BCUT2D eigenvalue weighted by Gasteiger charge is -2.26. The third kappa shape index (κ3) is 3.28. The van der Waals surface area contributed by atoms with Crippen LogP contribution in [0.15, 0.2) is 48.5 Å². The zero-order chi connectivity index (χ0) is 18.8. The highest BCUT2D eigenvalue weighted by Gasteiger charge is 2.34. The van der Waals surface area contributed by atoms with Gasteiger partial charge in [0.15, 0.2) is 0 Å². The van der Waals surface area contributed by atoms with Crippen molar-refractivity contribution in [2.45, 2.75) is 18.4 Å². The van der Waals surface area contributed by atoms with Crippen LogP contribution in [0.2, 0.25) is 0 Å². The number of hydrogen-bond donors (Lipinski definition) is 1. The van der Waals surface area contributed by atoms with Crippen molar-refractivity contribution < 1.29 is 24.2 Å². The summed E-state index contributed by atoms with van der Waals surface area (Å²) in [7, 11) is 0. The average Bonchev–Trinajstić information content (AvgIpc) is 2.83. The van der Waals surface area contributed by atoms with E-state index < -0.39 is 18.1 Å². The van der Waals surface area contributed by atoms with E-state index in [1.807, 2.05) is 36.4 Å². The molecule has 0 radical (unpaired) electrons. The quantitative estimate of drug-likeness (QED) is 0.902. The van der Waals surface area contributed by atoms with Crippen LogP contribution >= 0.6 is 0 Å². The molecular weight excluding hydrogens is 346 g/mol. The maximum atomic E-state index is 12.6. The number of carboxylic acid groups (broad SMARTS) is 1. The minimum absolute atomic E-state index is 0.0483. The number of carbonyl (C=O) groups is 2. The first-order valence-corrected chi connectivity index (χ1v) is 9.09. The van der Waals surface area contributed by atoms with Gasteiger partial charge in [-0.2, -0.15) is 0 Å². The van der Waals surface area contributed by atoms with E-state index >= 15 is 0 Å². The Hall–Kier alpha value is -2.86. The predicted octanol–water partition coefficient (Wildman–Crippen LogP) is 3.11. The van der Waals surface area contributed by atoms with Gasteiger partial charge in [0, 0.05) is 25.5 Å². The molecule has 0 aromatic heterocycles. The lowest BCUT2D eigenvalue weighted by atomic mass is 9.98. The van der Waals surface area contributed by atoms with Gasteiger partial charge >= 0.3 is 12.1 Å². The lowest BCUT2D eigenvalue weighted by Crippen LogP contribution is -2.46. The number of hydrogen-bond acceptors (Lipinski definition) is 4. The van der Waals surface area contributed by atoms with Gasteiger partial charge in [-0.3, -0.25) is 4.90 Å². The first kappa shape index (κ1) is 17.5. The van der Waals surface area contributed by atoms with Crippen LogP contribution in [0.25, 0.3) is 11.1 Å². The molecule has 6 heteroatoms. The van der Waals surface area contributed by atoms with Crippen LogP contribution in [0, 0.1) is 0 Å². The Bertz CT molecular complexity index is 820. The van der Waals surface area contributed by atoms with Crippen molar-refractivity contribution in [3.63, 3.8) is 0 Å². The van der Waals surface area contributed by atoms with Gasteiger partial charge in [-0.05, 0) is 22.3 Å². The second kappa shape index (κ2) is 7.40. The molecular formula is C21H21NO5. The maximum Gasteiger partial charge on any atom is 0.410 e. The highest BCUT2D eigenvalue weighted by atomic mass is 16.6. The van der Waals surface area contributed by atoms with Crippen LogP contribution in [-0.2, 0) is 14.3 Å². The van der Waals surface area contributed by atoms with Crippen molar-refractivity contribution in [3.8, 4) is 11.1 Å². The van der Waals surface area contributed by atoms with Gasteiger partial charge < -0.3 is 14.6 Å². The van der Waals surface area contributed by atoms with Gasteiger partial charge in [-0.1, -0.05) is 48.5 Å². The van der Waals surface area contributed by atoms with Gasteiger partial charge in [0.25, 0.3) is 0 Å². The fourth-order valence-electron chi connectivity index (χ4n) is 3.92. The zero-order valence-electron chi connectivity index (χ0n) is 14.8. The highest BCUT2D eigenvalue weighted by molar-refractivity contribution is 5.81. The predicted molar refractivity (Wildman–Crippen MR) is 98.6 cm³/mol. The van der Waals surface area contributed by atoms with Gasteiger partial charge in [0.05, 0.1) is 6.61 Å². The fraction of sp³-hybridized carbons (Fsp3) is 0.333. The van der Waals surface area contributed by atoms with Gasteiger partial charge in [-0.25, -0.2) is 9.59 Å². The Labute approximate surface area is 157 Å². The molecule has 0 spiro atoms. The maximum absolute atomic E-state index is 12.6. The van der Waals surface area contributed by atoms with E-state index in [1.165, 1.54) is 4.90 Å². The monoisotopic (exact) mass is 367 g/mol. The van der Waals surface area contributed by atoms with Crippen LogP contribution in [0.1, 0.15) is 23.5 Å². The Morgan fingerprint density at radius 2 is 1.67 bits per heavy atom. The molecule has 2 aliphatic rings. The summed E-state index contributed by atoms with van der Waals surface area (Å²) in [4.78, 5) is 25.4. The molecule has 0 saturated carbocycles. The summed E-state index contributed by atoms with van der Waals surface area (Å²) in [5, 5.41) is 9.42. The van der Waals surface area contributed by atoms with Crippen LogP contribution in [-0.4, -0.2) is 54.5 Å². The normalized spacial score (nSPS) is 19.1. The second-order valence-electron chi connectivity index (χ2n) is 6.75. The molecule has 1 amide bonds. The number of carbonyl (C=O) groups excluding carboxylic acids is 1. The summed E-state index contributed by atoms with van der Waals surface area (Å²) in [5.74, 6) is -1.08. The Morgan fingerprint density at radius 1 is 1.04 bits per heavy atom. The third-order valence-electron chi connectivity index (χ3n) is 5.24. The number of amides is 1. The molecule has 1 atom stereocenters. The molecule has 2 aromatic rings. The molecule has 1 N–H and O–H groups in total. The largest absolute Gasteiger partial charge is 0.480 e. The molecule has 1 aliphatic heterocycles. The molecule has 0 unspecified atom stereocenters. The van der Waals surface area contributed by atoms with Gasteiger partial charge in [0.2, 0.25) is 0 Å². The van der Waals surface area contributed by atoms with E-state index in [9.17, 15) is 14.7 Å². The molecule has 1 aliphatic carbocycles. The molecule has 0 bridgehead atoms. The van der Waals surface area contributed by atoms with Crippen LogP contribution in [0.4, 0.5) is 4.79 Å². The van der Waals surface area contributed by atoms with Crippen LogP contribution in [0.5, 0.6) is 0 Å². The highest BCUT2D eigenvalue weighted by Crippen LogP contribution is 2.44. The average molecular weight is 367 g/mol. The lowest BCUT2D eigenvalue weighted by molar-refractivity contribution is -0.142. The summed E-state index contributed by atoms with van der Waals surface area (Å²) in [6, 6.07) is 15.3. The smallest absolute Gasteiger partial charge is 0.410 e. The van der Waals surface area contributed by atoms with Crippen molar-refractivity contribution in [2.24, 2.45) is 0 Å². The zero-order valence-corrected chi connectivity index (χ0v) is 14.8. The molecule has 6 nitrogen and oxygen atoms in total. The second-order valence-corrected chi connectivity index (χ2v) is 6.75.